The number of carboxylic acids is 1. The lowest BCUT2D eigenvalue weighted by Gasteiger charge is -2.18. The number of carboxylic acid groups (broad SMARTS) is 1. The number of aliphatic carboxylic acids is 1. The molecule has 0 spiro atoms. The Bertz CT molecular complexity index is 680. The van der Waals surface area contributed by atoms with Crippen molar-refractivity contribution in [3.8, 4) is 0 Å². The van der Waals surface area contributed by atoms with Gasteiger partial charge in [0.05, 0.1) is 0 Å². The molecule has 4 nitrogen and oxygen atoms in total. The number of amides is 1. The van der Waals surface area contributed by atoms with Crippen molar-refractivity contribution in [2.75, 3.05) is 0 Å². The first kappa shape index (κ1) is 17.7. The summed E-state index contributed by atoms with van der Waals surface area (Å²) in [6.45, 7) is 3.83. The van der Waals surface area contributed by atoms with Crippen molar-refractivity contribution in [2.45, 2.75) is 32.7 Å². The second-order valence-corrected chi connectivity index (χ2v) is 6.18. The van der Waals surface area contributed by atoms with Gasteiger partial charge in [-0.2, -0.15) is 0 Å². The van der Waals surface area contributed by atoms with Crippen molar-refractivity contribution in [1.29, 1.82) is 0 Å². The highest BCUT2D eigenvalue weighted by Crippen LogP contribution is 2.11. The molecule has 2 aromatic rings. The SMILES string of the molecule is Cc1ccc(CC(C)C(=O)N[C@@H](Cc2ccccc2)C(=O)O)cc1. The van der Waals surface area contributed by atoms with Crippen LogP contribution in [0.25, 0.3) is 0 Å². The molecule has 0 heterocycles. The summed E-state index contributed by atoms with van der Waals surface area (Å²) in [5.41, 5.74) is 3.12. The molecule has 0 fully saturated rings. The summed E-state index contributed by atoms with van der Waals surface area (Å²) < 4.78 is 0. The molecule has 0 aromatic heterocycles. The van der Waals surface area contributed by atoms with Crippen LogP contribution in [0, 0.1) is 12.8 Å². The van der Waals surface area contributed by atoms with Crippen LogP contribution in [0.3, 0.4) is 0 Å². The van der Waals surface area contributed by atoms with E-state index in [0.717, 1.165) is 11.1 Å². The lowest BCUT2D eigenvalue weighted by molar-refractivity contribution is -0.142. The Hall–Kier alpha value is -2.62. The highest BCUT2D eigenvalue weighted by Gasteiger charge is 2.23. The standard InChI is InChI=1S/C20H23NO3/c1-14-8-10-17(11-9-14)12-15(2)19(22)21-18(20(23)24)13-16-6-4-3-5-7-16/h3-11,15,18H,12-13H2,1-2H3,(H,21,22)(H,23,24)/t15?,18-/m0/s1. The summed E-state index contributed by atoms with van der Waals surface area (Å²) in [5, 5.41) is 12.0. The van der Waals surface area contributed by atoms with Crippen LogP contribution in [0.5, 0.6) is 0 Å². The van der Waals surface area contributed by atoms with E-state index in [4.69, 9.17) is 0 Å². The maximum absolute atomic E-state index is 12.3. The van der Waals surface area contributed by atoms with Gasteiger partial charge in [0.25, 0.3) is 0 Å². The molecule has 24 heavy (non-hydrogen) atoms. The van der Waals surface area contributed by atoms with E-state index in [2.05, 4.69) is 5.32 Å². The fraction of sp³-hybridized carbons (Fsp3) is 0.300. The minimum atomic E-state index is -1.02. The van der Waals surface area contributed by atoms with Gasteiger partial charge in [-0.05, 0) is 24.5 Å². The van der Waals surface area contributed by atoms with Gasteiger partial charge in [-0.1, -0.05) is 67.1 Å². The topological polar surface area (TPSA) is 66.4 Å². The Morgan fingerprint density at radius 2 is 1.54 bits per heavy atom. The third-order valence-electron chi connectivity index (χ3n) is 4.01. The molecule has 0 aliphatic heterocycles. The monoisotopic (exact) mass is 325 g/mol. The summed E-state index contributed by atoms with van der Waals surface area (Å²) >= 11 is 0. The molecule has 2 rings (SSSR count). The molecule has 2 atom stereocenters. The quantitative estimate of drug-likeness (QED) is 0.822. The molecule has 0 aliphatic carbocycles. The van der Waals surface area contributed by atoms with Crippen molar-refractivity contribution in [1.82, 2.24) is 5.32 Å². The number of carbonyl (C=O) groups excluding carboxylic acids is 1. The normalized spacial score (nSPS) is 13.1. The van der Waals surface area contributed by atoms with E-state index in [0.29, 0.717) is 6.42 Å². The first-order valence-corrected chi connectivity index (χ1v) is 8.08. The van der Waals surface area contributed by atoms with Gasteiger partial charge in [-0.25, -0.2) is 4.79 Å². The smallest absolute Gasteiger partial charge is 0.326 e. The largest absolute Gasteiger partial charge is 0.480 e. The van der Waals surface area contributed by atoms with E-state index in [9.17, 15) is 14.7 Å². The molecular formula is C20H23NO3. The number of aryl methyl sites for hydroxylation is 1. The Balaban J connectivity index is 1.96. The van der Waals surface area contributed by atoms with Crippen molar-refractivity contribution in [3.63, 3.8) is 0 Å². The molecule has 1 unspecified atom stereocenters. The van der Waals surface area contributed by atoms with E-state index < -0.39 is 12.0 Å². The van der Waals surface area contributed by atoms with Gasteiger partial charge < -0.3 is 10.4 Å². The number of carbonyl (C=O) groups is 2. The van der Waals surface area contributed by atoms with Crippen LogP contribution in [-0.4, -0.2) is 23.0 Å². The molecule has 2 N–H and O–H groups in total. The Morgan fingerprint density at radius 1 is 0.958 bits per heavy atom. The van der Waals surface area contributed by atoms with Gasteiger partial charge in [0, 0.05) is 12.3 Å². The average Bonchev–Trinajstić information content (AvgIpc) is 2.57. The van der Waals surface area contributed by atoms with Gasteiger partial charge in [0.1, 0.15) is 6.04 Å². The maximum atomic E-state index is 12.3. The molecule has 1 amide bonds. The zero-order valence-corrected chi connectivity index (χ0v) is 14.0. The summed E-state index contributed by atoms with van der Waals surface area (Å²) in [7, 11) is 0. The molecule has 4 heteroatoms. The Morgan fingerprint density at radius 3 is 2.12 bits per heavy atom. The van der Waals surface area contributed by atoms with Crippen molar-refractivity contribution >= 4 is 11.9 Å². The van der Waals surface area contributed by atoms with E-state index >= 15 is 0 Å². The first-order chi connectivity index (χ1) is 11.5. The molecule has 0 radical (unpaired) electrons. The lowest BCUT2D eigenvalue weighted by Crippen LogP contribution is -2.44. The number of rotatable bonds is 7. The van der Waals surface area contributed by atoms with Crippen LogP contribution >= 0.6 is 0 Å². The van der Waals surface area contributed by atoms with Crippen LogP contribution in [0.1, 0.15) is 23.6 Å². The fourth-order valence-corrected chi connectivity index (χ4v) is 2.53. The summed E-state index contributed by atoms with van der Waals surface area (Å²) in [4.78, 5) is 23.8. The molecule has 0 saturated carbocycles. The Kier molecular flexibility index (Phi) is 6.13. The van der Waals surface area contributed by atoms with Gasteiger partial charge in [0.2, 0.25) is 5.91 Å². The molecule has 0 saturated heterocycles. The fourth-order valence-electron chi connectivity index (χ4n) is 2.53. The van der Waals surface area contributed by atoms with E-state index in [-0.39, 0.29) is 18.2 Å². The van der Waals surface area contributed by atoms with Crippen molar-refractivity contribution < 1.29 is 14.7 Å². The molecule has 0 bridgehead atoms. The highest BCUT2D eigenvalue weighted by atomic mass is 16.4. The van der Waals surface area contributed by atoms with Crippen LogP contribution in [0.4, 0.5) is 0 Å². The Labute approximate surface area is 142 Å². The van der Waals surface area contributed by atoms with Gasteiger partial charge >= 0.3 is 5.97 Å². The second-order valence-electron chi connectivity index (χ2n) is 6.18. The lowest BCUT2D eigenvalue weighted by atomic mass is 9.98. The van der Waals surface area contributed by atoms with Crippen LogP contribution in [0.15, 0.2) is 54.6 Å². The summed E-state index contributed by atoms with van der Waals surface area (Å²) in [6.07, 6.45) is 0.864. The zero-order valence-electron chi connectivity index (χ0n) is 14.0. The second kappa shape index (κ2) is 8.29. The summed E-state index contributed by atoms with van der Waals surface area (Å²) in [6, 6.07) is 16.4. The predicted octanol–water partition coefficient (Wildman–Crippen LogP) is 2.99. The third kappa shape index (κ3) is 5.23. The van der Waals surface area contributed by atoms with E-state index in [1.165, 1.54) is 5.56 Å². The zero-order chi connectivity index (χ0) is 17.5. The van der Waals surface area contributed by atoms with Crippen LogP contribution in [-0.2, 0) is 22.4 Å². The minimum absolute atomic E-state index is 0.237. The van der Waals surface area contributed by atoms with Gasteiger partial charge in [0.15, 0.2) is 0 Å². The number of benzene rings is 2. The molecular weight excluding hydrogens is 302 g/mol. The molecule has 0 aliphatic rings. The van der Waals surface area contributed by atoms with E-state index in [1.54, 1.807) is 0 Å². The highest BCUT2D eigenvalue weighted by molar-refractivity contribution is 5.85. The predicted molar refractivity (Wildman–Crippen MR) is 93.8 cm³/mol. The summed E-state index contributed by atoms with van der Waals surface area (Å²) in [5.74, 6) is -1.54. The maximum Gasteiger partial charge on any atom is 0.326 e. The van der Waals surface area contributed by atoms with Crippen LogP contribution in [0.2, 0.25) is 0 Å². The van der Waals surface area contributed by atoms with Crippen molar-refractivity contribution in [2.24, 2.45) is 5.92 Å². The number of hydrogen-bond acceptors (Lipinski definition) is 2. The van der Waals surface area contributed by atoms with Crippen LogP contribution < -0.4 is 5.32 Å². The van der Waals surface area contributed by atoms with Crippen molar-refractivity contribution in [3.05, 3.63) is 71.3 Å². The number of nitrogens with one attached hydrogen (secondary N) is 1. The number of hydrogen-bond donors (Lipinski definition) is 2. The van der Waals surface area contributed by atoms with E-state index in [1.807, 2.05) is 68.4 Å². The molecule has 126 valence electrons. The van der Waals surface area contributed by atoms with Gasteiger partial charge in [-0.15, -0.1) is 0 Å². The first-order valence-electron chi connectivity index (χ1n) is 8.08. The van der Waals surface area contributed by atoms with Gasteiger partial charge in [-0.3, -0.25) is 4.79 Å². The third-order valence-corrected chi connectivity index (χ3v) is 4.01. The minimum Gasteiger partial charge on any atom is -0.480 e. The average molecular weight is 325 g/mol. The molecule has 2 aromatic carbocycles.